The molecular formula is C13H24O3S. The molecule has 2 rings (SSSR count). The van der Waals surface area contributed by atoms with E-state index >= 15 is 0 Å². The molecule has 3 nitrogen and oxygen atoms in total. The minimum absolute atomic E-state index is 0.00332. The Morgan fingerprint density at radius 3 is 2.41 bits per heavy atom. The van der Waals surface area contributed by atoms with Crippen molar-refractivity contribution < 1.29 is 13.5 Å². The van der Waals surface area contributed by atoms with E-state index in [4.69, 9.17) is 0 Å². The molecule has 1 N–H and O–H groups in total. The first-order chi connectivity index (χ1) is 8.07. The number of hydrogen-bond acceptors (Lipinski definition) is 3. The fraction of sp³-hybridized carbons (Fsp3) is 1.00. The van der Waals surface area contributed by atoms with Gasteiger partial charge < -0.3 is 5.11 Å². The van der Waals surface area contributed by atoms with Crippen LogP contribution >= 0.6 is 0 Å². The average Bonchev–Trinajstić information content (AvgIpc) is 2.68. The van der Waals surface area contributed by atoms with Crippen molar-refractivity contribution in [3.05, 3.63) is 0 Å². The summed E-state index contributed by atoms with van der Waals surface area (Å²) in [5, 5.41) is 10.0. The molecule has 0 aromatic carbocycles. The highest BCUT2D eigenvalue weighted by Gasteiger charge is 2.32. The second kappa shape index (κ2) is 5.70. The molecule has 1 heterocycles. The number of rotatable bonds is 4. The summed E-state index contributed by atoms with van der Waals surface area (Å²) < 4.78 is 22.7. The van der Waals surface area contributed by atoms with Gasteiger partial charge in [0.1, 0.15) is 0 Å². The molecule has 1 aliphatic carbocycles. The predicted molar refractivity (Wildman–Crippen MR) is 68.6 cm³/mol. The van der Waals surface area contributed by atoms with Crippen LogP contribution in [0.1, 0.15) is 51.4 Å². The fourth-order valence-corrected chi connectivity index (χ4v) is 5.11. The van der Waals surface area contributed by atoms with Gasteiger partial charge in [-0.05, 0) is 31.1 Å². The summed E-state index contributed by atoms with van der Waals surface area (Å²) in [6, 6.07) is 0. The van der Waals surface area contributed by atoms with Crippen LogP contribution in [0.4, 0.5) is 0 Å². The molecule has 2 atom stereocenters. The molecule has 100 valence electrons. The third kappa shape index (κ3) is 3.95. The Morgan fingerprint density at radius 1 is 1.12 bits per heavy atom. The Balaban J connectivity index is 1.72. The number of hydrogen-bond donors (Lipinski definition) is 1. The summed E-state index contributed by atoms with van der Waals surface area (Å²) >= 11 is 0. The standard InChI is InChI=1S/C13H24O3S/c14-13(12-8-9-17(15,16)10-12)7-6-11-4-2-1-3-5-11/h11-14H,1-10H2. The van der Waals surface area contributed by atoms with Crippen LogP contribution in [0, 0.1) is 11.8 Å². The molecule has 0 amide bonds. The SMILES string of the molecule is O=S1(=O)CCC(C(O)CCC2CCCCC2)C1. The van der Waals surface area contributed by atoms with Gasteiger partial charge in [-0.3, -0.25) is 0 Å². The Morgan fingerprint density at radius 2 is 1.82 bits per heavy atom. The van der Waals surface area contributed by atoms with Crippen LogP contribution in [0.2, 0.25) is 0 Å². The highest BCUT2D eigenvalue weighted by atomic mass is 32.2. The summed E-state index contributed by atoms with van der Waals surface area (Å²) in [4.78, 5) is 0. The van der Waals surface area contributed by atoms with Crippen LogP contribution in [0.3, 0.4) is 0 Å². The third-order valence-electron chi connectivity index (χ3n) is 4.41. The van der Waals surface area contributed by atoms with Crippen molar-refractivity contribution in [2.75, 3.05) is 11.5 Å². The molecule has 0 aromatic heterocycles. The molecular weight excluding hydrogens is 236 g/mol. The van der Waals surface area contributed by atoms with Gasteiger partial charge in [-0.1, -0.05) is 32.1 Å². The molecule has 0 radical (unpaired) electrons. The van der Waals surface area contributed by atoms with Gasteiger partial charge in [0.2, 0.25) is 0 Å². The highest BCUT2D eigenvalue weighted by Crippen LogP contribution is 2.30. The van der Waals surface area contributed by atoms with Gasteiger partial charge in [0.05, 0.1) is 17.6 Å². The molecule has 2 fully saturated rings. The zero-order chi connectivity index (χ0) is 12.3. The van der Waals surface area contributed by atoms with E-state index < -0.39 is 15.9 Å². The first kappa shape index (κ1) is 13.3. The van der Waals surface area contributed by atoms with Crippen molar-refractivity contribution in [2.45, 2.75) is 57.5 Å². The van der Waals surface area contributed by atoms with Crippen LogP contribution in [0.25, 0.3) is 0 Å². The second-order valence-electron chi connectivity index (χ2n) is 5.81. The minimum Gasteiger partial charge on any atom is -0.393 e. The first-order valence-electron chi connectivity index (χ1n) is 6.95. The van der Waals surface area contributed by atoms with Gasteiger partial charge in [0.15, 0.2) is 9.84 Å². The van der Waals surface area contributed by atoms with Gasteiger partial charge in [0, 0.05) is 0 Å². The molecule has 17 heavy (non-hydrogen) atoms. The number of aliphatic hydroxyl groups excluding tert-OH is 1. The van der Waals surface area contributed by atoms with E-state index in [2.05, 4.69) is 0 Å². The molecule has 1 aliphatic heterocycles. The predicted octanol–water partition coefficient (Wildman–Crippen LogP) is 2.14. The van der Waals surface area contributed by atoms with Crippen molar-refractivity contribution in [3.63, 3.8) is 0 Å². The van der Waals surface area contributed by atoms with Crippen LogP contribution in [-0.4, -0.2) is 31.1 Å². The first-order valence-corrected chi connectivity index (χ1v) is 8.77. The molecule has 1 saturated carbocycles. The van der Waals surface area contributed by atoms with Gasteiger partial charge in [-0.25, -0.2) is 8.42 Å². The monoisotopic (exact) mass is 260 g/mol. The smallest absolute Gasteiger partial charge is 0.150 e. The van der Waals surface area contributed by atoms with E-state index in [1.165, 1.54) is 32.1 Å². The Bertz CT molecular complexity index is 331. The Hall–Kier alpha value is -0.0900. The largest absolute Gasteiger partial charge is 0.393 e. The van der Waals surface area contributed by atoms with E-state index in [9.17, 15) is 13.5 Å². The van der Waals surface area contributed by atoms with Gasteiger partial charge in [-0.15, -0.1) is 0 Å². The van der Waals surface area contributed by atoms with E-state index in [0.29, 0.717) is 6.42 Å². The van der Waals surface area contributed by atoms with E-state index in [1.807, 2.05) is 0 Å². The second-order valence-corrected chi connectivity index (χ2v) is 8.04. The maximum Gasteiger partial charge on any atom is 0.150 e. The van der Waals surface area contributed by atoms with E-state index in [-0.39, 0.29) is 17.4 Å². The maximum absolute atomic E-state index is 11.3. The molecule has 2 unspecified atom stereocenters. The molecule has 0 aromatic rings. The molecule has 0 bridgehead atoms. The van der Waals surface area contributed by atoms with Crippen molar-refractivity contribution in [1.82, 2.24) is 0 Å². The quantitative estimate of drug-likeness (QED) is 0.842. The van der Waals surface area contributed by atoms with Crippen LogP contribution in [0.5, 0.6) is 0 Å². The average molecular weight is 260 g/mol. The lowest BCUT2D eigenvalue weighted by Gasteiger charge is -2.24. The number of sulfone groups is 1. The van der Waals surface area contributed by atoms with Crippen molar-refractivity contribution in [1.29, 1.82) is 0 Å². The van der Waals surface area contributed by atoms with Gasteiger partial charge in [-0.2, -0.15) is 0 Å². The summed E-state index contributed by atoms with van der Waals surface area (Å²) in [5.41, 5.74) is 0. The lowest BCUT2D eigenvalue weighted by molar-refractivity contribution is 0.0999. The van der Waals surface area contributed by atoms with Crippen LogP contribution < -0.4 is 0 Å². The third-order valence-corrected chi connectivity index (χ3v) is 6.20. The molecule has 1 saturated heterocycles. The minimum atomic E-state index is -2.84. The molecule has 4 heteroatoms. The number of aliphatic hydroxyl groups is 1. The van der Waals surface area contributed by atoms with E-state index in [1.54, 1.807) is 0 Å². The lowest BCUT2D eigenvalue weighted by Crippen LogP contribution is -2.22. The van der Waals surface area contributed by atoms with Gasteiger partial charge in [0.25, 0.3) is 0 Å². The lowest BCUT2D eigenvalue weighted by atomic mass is 9.84. The van der Waals surface area contributed by atoms with Crippen LogP contribution in [0.15, 0.2) is 0 Å². The molecule has 0 spiro atoms. The van der Waals surface area contributed by atoms with E-state index in [0.717, 1.165) is 18.8 Å². The summed E-state index contributed by atoms with van der Waals surface area (Å²) in [6.45, 7) is 0. The Kier molecular flexibility index (Phi) is 4.47. The maximum atomic E-state index is 11.3. The summed E-state index contributed by atoms with van der Waals surface area (Å²) in [5.74, 6) is 1.26. The summed E-state index contributed by atoms with van der Waals surface area (Å²) in [6.07, 6.45) is 8.77. The van der Waals surface area contributed by atoms with Crippen LogP contribution in [-0.2, 0) is 9.84 Å². The zero-order valence-electron chi connectivity index (χ0n) is 10.5. The van der Waals surface area contributed by atoms with Crippen molar-refractivity contribution >= 4 is 9.84 Å². The Labute approximate surface area is 105 Å². The summed E-state index contributed by atoms with van der Waals surface area (Å²) in [7, 11) is -2.84. The zero-order valence-corrected chi connectivity index (χ0v) is 11.3. The van der Waals surface area contributed by atoms with Crippen molar-refractivity contribution in [3.8, 4) is 0 Å². The molecule has 2 aliphatic rings. The highest BCUT2D eigenvalue weighted by molar-refractivity contribution is 7.91. The normalized spacial score (nSPS) is 31.5. The topological polar surface area (TPSA) is 54.4 Å². The van der Waals surface area contributed by atoms with Gasteiger partial charge >= 0.3 is 0 Å². The fourth-order valence-electron chi connectivity index (χ4n) is 3.25. The van der Waals surface area contributed by atoms with Crippen molar-refractivity contribution in [2.24, 2.45) is 11.8 Å².